The summed E-state index contributed by atoms with van der Waals surface area (Å²) in [5.74, 6) is 1.71. The Hall–Kier alpha value is -3.28. The van der Waals surface area contributed by atoms with Crippen LogP contribution in [0.25, 0.3) is 0 Å². The molecule has 6 nitrogen and oxygen atoms in total. The number of aryl methyl sites for hydroxylation is 2. The van der Waals surface area contributed by atoms with Gasteiger partial charge < -0.3 is 15.4 Å². The molecule has 0 radical (unpaired) electrons. The van der Waals surface area contributed by atoms with Crippen LogP contribution in [0.1, 0.15) is 35.0 Å². The van der Waals surface area contributed by atoms with Crippen molar-refractivity contribution in [2.75, 3.05) is 13.6 Å². The average Bonchev–Trinajstić information content (AvgIpc) is 3.04. The molecule has 2 N–H and O–H groups in total. The molecular weight excluding hydrogens is 398 g/mol. The van der Waals surface area contributed by atoms with E-state index in [4.69, 9.17) is 4.74 Å². The molecule has 6 heteroatoms. The van der Waals surface area contributed by atoms with E-state index in [1.165, 1.54) is 22.4 Å². The number of guanidine groups is 1. The SMILES string of the molecule is CN=C(NCCc1ccc(OCc2ccccc2)cc1)NC(C)Cc1c(C)nn(C)c1C. The first-order valence-corrected chi connectivity index (χ1v) is 11.2. The number of aliphatic imine (C=N–C) groups is 1. The molecule has 1 heterocycles. The Labute approximate surface area is 191 Å². The van der Waals surface area contributed by atoms with E-state index in [1.807, 2.05) is 49.1 Å². The highest BCUT2D eigenvalue weighted by atomic mass is 16.5. The third-order valence-electron chi connectivity index (χ3n) is 5.65. The molecule has 0 saturated heterocycles. The van der Waals surface area contributed by atoms with Crippen molar-refractivity contribution in [2.45, 2.75) is 46.3 Å². The maximum atomic E-state index is 5.87. The lowest BCUT2D eigenvalue weighted by molar-refractivity contribution is 0.306. The van der Waals surface area contributed by atoms with Gasteiger partial charge in [-0.3, -0.25) is 9.67 Å². The van der Waals surface area contributed by atoms with Crippen LogP contribution in [0.5, 0.6) is 5.75 Å². The number of rotatable bonds is 9. The Kier molecular flexibility index (Phi) is 8.31. The molecule has 1 atom stereocenters. The third-order valence-corrected chi connectivity index (χ3v) is 5.65. The summed E-state index contributed by atoms with van der Waals surface area (Å²) in [4.78, 5) is 4.37. The average molecular weight is 434 g/mol. The van der Waals surface area contributed by atoms with Crippen molar-refractivity contribution in [2.24, 2.45) is 12.0 Å². The van der Waals surface area contributed by atoms with Crippen LogP contribution in [0.4, 0.5) is 0 Å². The quantitative estimate of drug-likeness (QED) is 0.396. The second-order valence-electron chi connectivity index (χ2n) is 8.19. The van der Waals surface area contributed by atoms with Crippen LogP contribution in [0.3, 0.4) is 0 Å². The summed E-state index contributed by atoms with van der Waals surface area (Å²) >= 11 is 0. The first-order valence-electron chi connectivity index (χ1n) is 11.2. The highest BCUT2D eigenvalue weighted by Crippen LogP contribution is 2.15. The van der Waals surface area contributed by atoms with Gasteiger partial charge in [0.2, 0.25) is 0 Å². The minimum atomic E-state index is 0.254. The summed E-state index contributed by atoms with van der Waals surface area (Å²) < 4.78 is 7.81. The zero-order chi connectivity index (χ0) is 22.9. The highest BCUT2D eigenvalue weighted by molar-refractivity contribution is 5.79. The van der Waals surface area contributed by atoms with Gasteiger partial charge in [-0.15, -0.1) is 0 Å². The second-order valence-corrected chi connectivity index (χ2v) is 8.19. The summed E-state index contributed by atoms with van der Waals surface area (Å²) in [7, 11) is 3.80. The lowest BCUT2D eigenvalue weighted by atomic mass is 10.1. The predicted molar refractivity (Wildman–Crippen MR) is 131 cm³/mol. The van der Waals surface area contributed by atoms with Crippen LogP contribution in [0, 0.1) is 13.8 Å². The topological polar surface area (TPSA) is 63.5 Å². The monoisotopic (exact) mass is 433 g/mol. The molecular formula is C26H35N5O. The standard InChI is InChI=1S/C26H35N5O/c1-19(17-25-20(2)30-31(5)21(25)3)29-26(27-4)28-16-15-22-11-13-24(14-12-22)32-18-23-9-7-6-8-10-23/h6-14,19H,15-18H2,1-5H3,(H2,27,28,29). The highest BCUT2D eigenvalue weighted by Gasteiger charge is 2.14. The van der Waals surface area contributed by atoms with Crippen molar-refractivity contribution in [3.63, 3.8) is 0 Å². The van der Waals surface area contributed by atoms with Gasteiger partial charge in [-0.2, -0.15) is 5.10 Å². The molecule has 0 bridgehead atoms. The van der Waals surface area contributed by atoms with E-state index in [-0.39, 0.29) is 6.04 Å². The first kappa shape index (κ1) is 23.4. The molecule has 3 rings (SSSR count). The molecule has 1 unspecified atom stereocenters. The number of hydrogen-bond acceptors (Lipinski definition) is 3. The number of nitrogens with one attached hydrogen (secondary N) is 2. The van der Waals surface area contributed by atoms with Crippen molar-refractivity contribution in [1.29, 1.82) is 0 Å². The fourth-order valence-electron chi connectivity index (χ4n) is 3.72. The molecule has 3 aromatic rings. The second kappa shape index (κ2) is 11.4. The smallest absolute Gasteiger partial charge is 0.191 e. The van der Waals surface area contributed by atoms with Crippen LogP contribution >= 0.6 is 0 Å². The van der Waals surface area contributed by atoms with Crippen molar-refractivity contribution < 1.29 is 4.74 Å². The van der Waals surface area contributed by atoms with Gasteiger partial charge in [-0.25, -0.2) is 0 Å². The van der Waals surface area contributed by atoms with Crippen molar-refractivity contribution in [3.05, 3.63) is 82.7 Å². The number of aromatic nitrogens is 2. The maximum absolute atomic E-state index is 5.87. The van der Waals surface area contributed by atoms with Gasteiger partial charge in [0.25, 0.3) is 0 Å². The van der Waals surface area contributed by atoms with E-state index >= 15 is 0 Å². The number of benzene rings is 2. The Morgan fingerprint density at radius 3 is 2.41 bits per heavy atom. The van der Waals surface area contributed by atoms with Crippen LogP contribution < -0.4 is 15.4 Å². The van der Waals surface area contributed by atoms with Gasteiger partial charge in [-0.05, 0) is 62.4 Å². The van der Waals surface area contributed by atoms with E-state index in [0.29, 0.717) is 6.61 Å². The molecule has 32 heavy (non-hydrogen) atoms. The van der Waals surface area contributed by atoms with E-state index in [2.05, 4.69) is 65.8 Å². The summed E-state index contributed by atoms with van der Waals surface area (Å²) in [6, 6.07) is 18.8. The Bertz CT molecular complexity index is 1010. The molecule has 1 aromatic heterocycles. The minimum absolute atomic E-state index is 0.254. The molecule has 0 aliphatic carbocycles. The van der Waals surface area contributed by atoms with Crippen molar-refractivity contribution >= 4 is 5.96 Å². The predicted octanol–water partition coefficient (Wildman–Crippen LogP) is 3.95. The first-order chi connectivity index (χ1) is 15.5. The molecule has 0 aliphatic heterocycles. The number of hydrogen-bond donors (Lipinski definition) is 2. The van der Waals surface area contributed by atoms with Crippen molar-refractivity contribution in [3.8, 4) is 5.75 Å². The van der Waals surface area contributed by atoms with Gasteiger partial charge in [0, 0.05) is 32.4 Å². The van der Waals surface area contributed by atoms with Crippen LogP contribution in [0.2, 0.25) is 0 Å². The molecule has 2 aromatic carbocycles. The molecule has 170 valence electrons. The molecule has 0 amide bonds. The normalized spacial score (nSPS) is 12.5. The van der Waals surface area contributed by atoms with E-state index in [1.54, 1.807) is 0 Å². The summed E-state index contributed by atoms with van der Waals surface area (Å²) in [6.45, 7) is 7.75. The van der Waals surface area contributed by atoms with Crippen LogP contribution in [0.15, 0.2) is 59.6 Å². The Morgan fingerprint density at radius 2 is 1.78 bits per heavy atom. The zero-order valence-electron chi connectivity index (χ0n) is 19.9. The molecule has 0 spiro atoms. The molecule has 0 saturated carbocycles. The minimum Gasteiger partial charge on any atom is -0.489 e. The van der Waals surface area contributed by atoms with Gasteiger partial charge in [0.1, 0.15) is 12.4 Å². The van der Waals surface area contributed by atoms with E-state index in [0.717, 1.165) is 36.8 Å². The number of nitrogens with zero attached hydrogens (tertiary/aromatic N) is 3. The lowest BCUT2D eigenvalue weighted by Gasteiger charge is -2.18. The molecule has 0 fully saturated rings. The van der Waals surface area contributed by atoms with Gasteiger partial charge >= 0.3 is 0 Å². The largest absolute Gasteiger partial charge is 0.489 e. The number of ether oxygens (including phenoxy) is 1. The summed E-state index contributed by atoms with van der Waals surface area (Å²) in [6.07, 6.45) is 1.82. The van der Waals surface area contributed by atoms with Crippen LogP contribution in [-0.2, 0) is 26.5 Å². The Morgan fingerprint density at radius 1 is 1.06 bits per heavy atom. The summed E-state index contributed by atoms with van der Waals surface area (Å²) in [5, 5.41) is 11.4. The van der Waals surface area contributed by atoms with Crippen LogP contribution in [-0.4, -0.2) is 35.4 Å². The fourth-order valence-corrected chi connectivity index (χ4v) is 3.72. The van der Waals surface area contributed by atoms with E-state index in [9.17, 15) is 0 Å². The zero-order valence-corrected chi connectivity index (χ0v) is 19.9. The summed E-state index contributed by atoms with van der Waals surface area (Å²) in [5.41, 5.74) is 6.04. The van der Waals surface area contributed by atoms with Gasteiger partial charge in [0.05, 0.1) is 5.69 Å². The van der Waals surface area contributed by atoms with E-state index < -0.39 is 0 Å². The van der Waals surface area contributed by atoms with Gasteiger partial charge in [-0.1, -0.05) is 42.5 Å². The van der Waals surface area contributed by atoms with Crippen molar-refractivity contribution in [1.82, 2.24) is 20.4 Å². The molecule has 0 aliphatic rings. The fraction of sp³-hybridized carbons (Fsp3) is 0.385. The third kappa shape index (κ3) is 6.61. The van der Waals surface area contributed by atoms with Gasteiger partial charge in [0.15, 0.2) is 5.96 Å². The lowest BCUT2D eigenvalue weighted by Crippen LogP contribution is -2.43. The Balaban J connectivity index is 1.42. The maximum Gasteiger partial charge on any atom is 0.191 e.